The molecule has 0 atom stereocenters. The zero-order chi connectivity index (χ0) is 21.6. The van der Waals surface area contributed by atoms with Crippen molar-refractivity contribution >= 4 is 29.5 Å². The third-order valence-corrected chi connectivity index (χ3v) is 3.60. The van der Waals surface area contributed by atoms with E-state index in [1.54, 1.807) is 27.7 Å². The van der Waals surface area contributed by atoms with Crippen molar-refractivity contribution in [2.24, 2.45) is 0 Å². The first-order valence-electron chi connectivity index (χ1n) is 8.56. The number of carboxylic acids is 2. The Morgan fingerprint density at radius 2 is 1.54 bits per heavy atom. The fourth-order valence-corrected chi connectivity index (χ4v) is 2.45. The monoisotopic (exact) mass is 394 g/mol. The van der Waals surface area contributed by atoms with E-state index in [-0.39, 0.29) is 12.3 Å². The molecule has 1 rings (SSSR count). The van der Waals surface area contributed by atoms with Crippen LogP contribution in [0, 0.1) is 6.92 Å². The van der Waals surface area contributed by atoms with Crippen molar-refractivity contribution in [1.29, 1.82) is 0 Å². The van der Waals surface area contributed by atoms with Gasteiger partial charge in [-0.1, -0.05) is 0 Å². The zero-order valence-electron chi connectivity index (χ0n) is 16.7. The van der Waals surface area contributed by atoms with Gasteiger partial charge < -0.3 is 24.7 Å². The summed E-state index contributed by atoms with van der Waals surface area (Å²) in [4.78, 5) is 48.8. The summed E-state index contributed by atoms with van der Waals surface area (Å²) in [5, 5.41) is 18.0. The van der Waals surface area contributed by atoms with Gasteiger partial charge in [-0.3, -0.25) is 14.4 Å². The third kappa shape index (κ3) is 7.26. The molecule has 0 radical (unpaired) electrons. The maximum absolute atomic E-state index is 12.5. The van der Waals surface area contributed by atoms with Crippen LogP contribution in [0.25, 0.3) is 0 Å². The number of carboxylic acid groups (broad SMARTS) is 2. The van der Waals surface area contributed by atoms with Crippen LogP contribution in [0.3, 0.4) is 0 Å². The summed E-state index contributed by atoms with van der Waals surface area (Å²) in [7, 11) is 1.45. The number of rotatable bonds is 8. The molecule has 0 saturated heterocycles. The van der Waals surface area contributed by atoms with Crippen LogP contribution in [-0.4, -0.2) is 71.2 Å². The van der Waals surface area contributed by atoms with Crippen molar-refractivity contribution in [3.63, 3.8) is 0 Å². The Kier molecular flexibility index (Phi) is 7.54. The number of carbonyl (C=O) groups is 4. The maximum Gasteiger partial charge on any atom is 0.410 e. The molecule has 2 N–H and O–H groups in total. The molecule has 0 heterocycles. The number of amides is 1. The number of nitrogens with zero attached hydrogens (tertiary/aromatic N) is 2. The highest BCUT2D eigenvalue weighted by Gasteiger charge is 2.22. The van der Waals surface area contributed by atoms with E-state index in [0.29, 0.717) is 16.8 Å². The van der Waals surface area contributed by atoms with Crippen molar-refractivity contribution < 1.29 is 34.1 Å². The molecule has 0 fully saturated rings. The first-order valence-corrected chi connectivity index (χ1v) is 8.56. The van der Waals surface area contributed by atoms with Gasteiger partial charge >= 0.3 is 18.0 Å². The summed E-state index contributed by atoms with van der Waals surface area (Å²) in [6.07, 6.45) is -0.622. The van der Waals surface area contributed by atoms with Crippen LogP contribution >= 0.6 is 0 Å². The van der Waals surface area contributed by atoms with E-state index in [4.69, 9.17) is 14.9 Å². The van der Waals surface area contributed by atoms with Crippen LogP contribution in [0.2, 0.25) is 0 Å². The van der Waals surface area contributed by atoms with Gasteiger partial charge in [0.1, 0.15) is 18.7 Å². The summed E-state index contributed by atoms with van der Waals surface area (Å²) in [5.74, 6) is -2.66. The molecular weight excluding hydrogens is 368 g/mol. The fourth-order valence-electron chi connectivity index (χ4n) is 2.45. The van der Waals surface area contributed by atoms with E-state index >= 15 is 0 Å². The van der Waals surface area contributed by atoms with Gasteiger partial charge in [-0.25, -0.2) is 4.79 Å². The molecule has 0 aliphatic rings. The van der Waals surface area contributed by atoms with Crippen LogP contribution < -0.4 is 4.90 Å². The molecule has 0 saturated carbocycles. The van der Waals surface area contributed by atoms with E-state index in [2.05, 4.69) is 0 Å². The van der Waals surface area contributed by atoms with Gasteiger partial charge in [0.05, 0.1) is 6.54 Å². The Morgan fingerprint density at radius 3 is 1.96 bits per heavy atom. The number of ether oxygens (including phenoxy) is 1. The van der Waals surface area contributed by atoms with Crippen LogP contribution in [0.1, 0.15) is 36.7 Å². The van der Waals surface area contributed by atoms with Crippen LogP contribution in [0.4, 0.5) is 10.5 Å². The Balaban J connectivity index is 2.95. The van der Waals surface area contributed by atoms with Gasteiger partial charge in [-0.05, 0) is 51.5 Å². The number of hydrogen-bond donors (Lipinski definition) is 2. The molecule has 154 valence electrons. The Labute approximate surface area is 163 Å². The molecule has 28 heavy (non-hydrogen) atoms. The van der Waals surface area contributed by atoms with Gasteiger partial charge in [0.15, 0.2) is 5.78 Å². The topological polar surface area (TPSA) is 124 Å². The molecule has 0 aliphatic carbocycles. The number of anilines is 1. The lowest BCUT2D eigenvalue weighted by Gasteiger charge is -2.25. The van der Waals surface area contributed by atoms with E-state index in [1.165, 1.54) is 30.1 Å². The fraction of sp³-hybridized carbons (Fsp3) is 0.474. The lowest BCUT2D eigenvalue weighted by molar-refractivity contribution is -0.136. The van der Waals surface area contributed by atoms with Crippen molar-refractivity contribution in [2.75, 3.05) is 31.6 Å². The number of benzene rings is 1. The SMILES string of the molecule is Cc1cc(C(=O)CN(C)C(=O)OC(C)(C)C)ccc1N(CC(=O)O)CC(=O)O. The minimum absolute atomic E-state index is 0.193. The minimum atomic E-state index is -1.17. The summed E-state index contributed by atoms with van der Waals surface area (Å²) in [6, 6.07) is 4.52. The summed E-state index contributed by atoms with van der Waals surface area (Å²) in [5.41, 5.74) is 0.599. The Hall–Kier alpha value is -3.10. The highest BCUT2D eigenvalue weighted by atomic mass is 16.6. The second-order valence-electron chi connectivity index (χ2n) is 7.40. The lowest BCUT2D eigenvalue weighted by atomic mass is 10.0. The predicted molar refractivity (Wildman–Crippen MR) is 102 cm³/mol. The molecule has 0 aliphatic heterocycles. The standard InChI is InChI=1S/C19H26N2O7/c1-12-8-13(15(22)9-20(5)18(27)28-19(2,3)4)6-7-14(12)21(10-16(23)24)11-17(25)26/h6-8H,9-11H2,1-5H3,(H,23,24)(H,25,26). The molecule has 9 nitrogen and oxygen atoms in total. The van der Waals surface area contributed by atoms with Crippen molar-refractivity contribution in [3.8, 4) is 0 Å². The van der Waals surface area contributed by atoms with Crippen molar-refractivity contribution in [2.45, 2.75) is 33.3 Å². The molecule has 0 aromatic heterocycles. The van der Waals surface area contributed by atoms with E-state index in [9.17, 15) is 19.2 Å². The number of hydrogen-bond acceptors (Lipinski definition) is 6. The van der Waals surface area contributed by atoms with E-state index in [1.807, 2.05) is 0 Å². The Morgan fingerprint density at radius 1 is 1.00 bits per heavy atom. The Bertz CT molecular complexity index is 752. The van der Waals surface area contributed by atoms with E-state index in [0.717, 1.165) is 4.90 Å². The number of likely N-dealkylation sites (N-methyl/N-ethyl adjacent to an activating group) is 1. The molecule has 0 bridgehead atoms. The normalized spacial score (nSPS) is 10.9. The van der Waals surface area contributed by atoms with Crippen LogP contribution in [-0.2, 0) is 14.3 Å². The molecular formula is C19H26N2O7. The molecule has 0 unspecified atom stereocenters. The summed E-state index contributed by atoms with van der Waals surface area (Å²) >= 11 is 0. The highest BCUT2D eigenvalue weighted by molar-refractivity contribution is 5.99. The molecule has 1 aromatic rings. The molecule has 1 aromatic carbocycles. The zero-order valence-corrected chi connectivity index (χ0v) is 16.7. The number of carbonyl (C=O) groups excluding carboxylic acids is 2. The smallest absolute Gasteiger partial charge is 0.410 e. The van der Waals surface area contributed by atoms with Gasteiger partial charge in [0.25, 0.3) is 0 Å². The first-order chi connectivity index (χ1) is 12.8. The van der Waals surface area contributed by atoms with Crippen LogP contribution in [0.15, 0.2) is 18.2 Å². The predicted octanol–water partition coefficient (Wildman–Crippen LogP) is 2.02. The average Bonchev–Trinajstić information content (AvgIpc) is 2.51. The highest BCUT2D eigenvalue weighted by Crippen LogP contribution is 2.22. The summed E-state index contributed by atoms with van der Waals surface area (Å²) < 4.78 is 5.20. The molecule has 0 spiro atoms. The van der Waals surface area contributed by atoms with Crippen LogP contribution in [0.5, 0.6) is 0 Å². The average molecular weight is 394 g/mol. The van der Waals surface area contributed by atoms with Gasteiger partial charge in [0.2, 0.25) is 0 Å². The lowest BCUT2D eigenvalue weighted by Crippen LogP contribution is -2.37. The molecule has 1 amide bonds. The van der Waals surface area contributed by atoms with Gasteiger partial charge in [-0.2, -0.15) is 0 Å². The van der Waals surface area contributed by atoms with Crippen molar-refractivity contribution in [1.82, 2.24) is 4.90 Å². The minimum Gasteiger partial charge on any atom is -0.480 e. The molecule has 9 heteroatoms. The second-order valence-corrected chi connectivity index (χ2v) is 7.40. The number of ketones is 1. The quantitative estimate of drug-likeness (QED) is 0.642. The number of aliphatic carboxylic acids is 2. The number of aryl methyl sites for hydroxylation is 1. The van der Waals surface area contributed by atoms with Crippen molar-refractivity contribution in [3.05, 3.63) is 29.3 Å². The van der Waals surface area contributed by atoms with Gasteiger partial charge in [0, 0.05) is 18.3 Å². The summed E-state index contributed by atoms with van der Waals surface area (Å²) in [6.45, 7) is 5.67. The van der Waals surface area contributed by atoms with E-state index < -0.39 is 36.7 Å². The maximum atomic E-state index is 12.5. The second kappa shape index (κ2) is 9.20. The largest absolute Gasteiger partial charge is 0.480 e. The first kappa shape index (κ1) is 22.9. The number of Topliss-reactive ketones (excluding diaryl/α,β-unsaturated/α-hetero) is 1. The third-order valence-electron chi connectivity index (χ3n) is 3.60. The van der Waals surface area contributed by atoms with Gasteiger partial charge in [-0.15, -0.1) is 0 Å².